The van der Waals surface area contributed by atoms with Crippen LogP contribution in [0.3, 0.4) is 0 Å². The zero-order chi connectivity index (χ0) is 49.2. The molecule has 0 aliphatic heterocycles. The smallest absolute Gasteiger partial charge is 0.0558 e. The molecule has 0 amide bonds. The first-order valence-electron chi connectivity index (χ1n) is 22.6. The monoisotopic (exact) mass is 1300 g/mol. The summed E-state index contributed by atoms with van der Waals surface area (Å²) in [5.74, 6) is -2.41. The van der Waals surface area contributed by atoms with Gasteiger partial charge in [0.25, 0.3) is 0 Å². The molecule has 19 heteroatoms. The number of hydrogen-bond acceptors (Lipinski definition) is 10. The van der Waals surface area contributed by atoms with Crippen molar-refractivity contribution in [2.45, 2.75) is 119 Å². The normalized spacial score (nSPS) is 11.1. The molecule has 13 nitrogen and oxygen atoms in total. The number of rotatable bonds is 30. The molecule has 0 aromatic heterocycles. The maximum Gasteiger partial charge on any atom is 0.0558 e. The molecule has 0 saturated carbocycles. The number of unbranched alkanes of at least 4 members (excludes halogenated alkanes) is 4. The predicted molar refractivity (Wildman–Crippen MR) is 274 cm³/mol. The largest absolute Gasteiger partial charge is 0.395 e. The number of carbonyl (C=O) groups is 2. The van der Waals surface area contributed by atoms with Gasteiger partial charge in [-0.2, -0.15) is 0 Å². The van der Waals surface area contributed by atoms with Crippen LogP contribution in [-0.4, -0.2) is 222 Å². The Bertz CT molecular complexity index is 1140. The molecule has 374 valence electrons. The van der Waals surface area contributed by atoms with E-state index in [0.29, 0.717) is 59.8 Å². The first kappa shape index (κ1) is 74.2. The second kappa shape index (κ2) is 58.6. The summed E-state index contributed by atoms with van der Waals surface area (Å²) in [5, 5.41) is 71.1. The molecule has 10 N–H and O–H groups in total. The van der Waals surface area contributed by atoms with Crippen LogP contribution in [0.15, 0.2) is 48.5 Å². The van der Waals surface area contributed by atoms with Gasteiger partial charge < -0.3 is 36.1 Å². The Labute approximate surface area is 440 Å². The van der Waals surface area contributed by atoms with Crippen molar-refractivity contribution >= 4 is 110 Å². The van der Waals surface area contributed by atoms with Crippen LogP contribution in [0.1, 0.15) is 102 Å². The molecule has 2 rings (SSSR count). The Kier molecular flexibility index (Phi) is 66.9. The van der Waals surface area contributed by atoms with Gasteiger partial charge in [-0.25, -0.2) is 0 Å². The third kappa shape index (κ3) is 50.5. The third-order valence-corrected chi connectivity index (χ3v) is 19.2. The summed E-state index contributed by atoms with van der Waals surface area (Å²) in [6.45, 7) is 12.7. The van der Waals surface area contributed by atoms with Gasteiger partial charge in [-0.1, -0.05) is 0 Å². The molecule has 0 bridgehead atoms. The van der Waals surface area contributed by atoms with E-state index in [-0.39, 0.29) is 87.4 Å². The summed E-state index contributed by atoms with van der Waals surface area (Å²) < 4.78 is 6.50. The molecule has 65 heavy (non-hydrogen) atoms. The molecule has 0 aliphatic carbocycles. The molecule has 0 spiro atoms. The molecular weight excluding hydrogens is 1210 g/mol. The van der Waals surface area contributed by atoms with Crippen molar-refractivity contribution in [3.8, 4) is 0 Å². The van der Waals surface area contributed by atoms with Crippen molar-refractivity contribution in [1.29, 1.82) is 0 Å². The second-order valence-electron chi connectivity index (χ2n) is 14.2. The number of carboxylic acids is 2. The predicted octanol–water partition coefficient (Wildman–Crippen LogP) is 6.15. The zero-order valence-corrected chi connectivity index (χ0v) is 51.1. The van der Waals surface area contributed by atoms with Gasteiger partial charge in [-0.05, 0) is 0 Å². The first-order valence-corrected chi connectivity index (χ1v) is 34.4. The van der Waals surface area contributed by atoms with E-state index in [1.807, 2.05) is 33.0 Å². The number of hydrogen-bond donors (Lipinski definition) is 8. The van der Waals surface area contributed by atoms with E-state index in [9.17, 15) is 9.59 Å². The van der Waals surface area contributed by atoms with Crippen molar-refractivity contribution in [3.05, 3.63) is 69.7 Å². The number of nitrogens with zero attached hydrogens (tertiary/aromatic N) is 2. The van der Waals surface area contributed by atoms with E-state index in [1.54, 1.807) is 76.1 Å². The third-order valence-electron chi connectivity index (χ3n) is 8.87. The van der Waals surface area contributed by atoms with E-state index >= 15 is 0 Å². The van der Waals surface area contributed by atoms with Crippen molar-refractivity contribution < 1.29 is 55.9 Å². The van der Waals surface area contributed by atoms with Crippen LogP contribution in [0.2, 0.25) is 38.3 Å². The number of benzene rings is 2. The maximum absolute atomic E-state index is 10.8. The van der Waals surface area contributed by atoms with Gasteiger partial charge in [0.1, 0.15) is 0 Å². The average molecular weight is 1290 g/mol. The van der Waals surface area contributed by atoms with Crippen LogP contribution in [0, 0.1) is 0 Å². The van der Waals surface area contributed by atoms with Crippen LogP contribution in [0.5, 0.6) is 0 Å². The standard InChI is InChI=1S/2C9H8ClGeO2.2C6H15NO3.4C4H9.H2O.2Sn/c2*10-7-3-1-6(2-4-7)8(5-11)9(12)13;2*8-4-1-7(2-5-9)3-6-10;4*1-3-4-2;;;/h2*1-4,8H,5H2,(H,12,13);2*8-10H,1-6H2;4*1,3-4H2,2H3;1H2;;. The quantitative estimate of drug-likeness (QED) is 0.0325. The number of carboxylic acid groups (broad SMARTS) is 2. The Morgan fingerprint density at radius 3 is 0.862 bits per heavy atom. The Morgan fingerprint density at radius 2 is 0.708 bits per heavy atom. The summed E-state index contributed by atoms with van der Waals surface area (Å²) in [6.07, 6.45) is 11.7. The fraction of sp³-hybridized carbons (Fsp3) is 0.696. The molecule has 0 fully saturated rings. The van der Waals surface area contributed by atoms with E-state index in [4.69, 9.17) is 64.1 Å². The molecule has 0 heterocycles. The summed E-state index contributed by atoms with van der Waals surface area (Å²) in [5.41, 5.74) is 1.61. The molecule has 2 aromatic rings. The van der Waals surface area contributed by atoms with Gasteiger partial charge in [0.05, 0.1) is 39.6 Å². The van der Waals surface area contributed by atoms with Gasteiger partial charge >= 0.3 is 319 Å². The van der Waals surface area contributed by atoms with E-state index in [0.717, 1.165) is 11.1 Å². The molecule has 2 atom stereocenters. The SMILES string of the molecule is CCC[CH2][Sn][CH2]CCC.CCC[CH2][Sn][CH2]CCC.O.O=C(O)C([CH2][Ge])c1ccc(Cl)cc1.O=C(O)C([CH2][Ge])c1ccc(Cl)cc1.OCCN(CCO)CCO.OCCN(CCO)CCO. The maximum atomic E-state index is 10.8. The number of aliphatic carboxylic acids is 2. The van der Waals surface area contributed by atoms with Crippen LogP contribution < -0.4 is 0 Å². The Balaban J connectivity index is -0.000000223. The van der Waals surface area contributed by atoms with Gasteiger partial charge in [-0.15, -0.1) is 0 Å². The molecule has 2 unspecified atom stereocenters. The minimum Gasteiger partial charge on any atom is -0.395 e. The number of halogens is 2. The van der Waals surface area contributed by atoms with Crippen LogP contribution in [0.25, 0.3) is 0 Å². The minimum atomic E-state index is -0.787. The minimum absolute atomic E-state index is 0. The number of aliphatic hydroxyl groups excluding tert-OH is 6. The van der Waals surface area contributed by atoms with Crippen LogP contribution >= 0.6 is 23.2 Å². The van der Waals surface area contributed by atoms with Crippen LogP contribution in [0.4, 0.5) is 0 Å². The van der Waals surface area contributed by atoms with Gasteiger partial charge in [0.15, 0.2) is 0 Å². The fourth-order valence-electron chi connectivity index (χ4n) is 5.06. The molecular formula is C46H84Cl2Ge2N2O11Sn2. The molecule has 2 aromatic carbocycles. The average Bonchev–Trinajstić information content (AvgIpc) is 3.27. The Morgan fingerprint density at radius 1 is 0.492 bits per heavy atom. The molecule has 10 radical (unpaired) electrons. The summed E-state index contributed by atoms with van der Waals surface area (Å²) in [6, 6.07) is 13.9. The van der Waals surface area contributed by atoms with Gasteiger partial charge in [-0.3, -0.25) is 9.80 Å². The van der Waals surface area contributed by atoms with E-state index < -0.39 is 23.8 Å². The first-order chi connectivity index (χ1) is 30.8. The fourth-order valence-corrected chi connectivity index (χ4v) is 15.4. The second-order valence-corrected chi connectivity index (χ2v) is 25.4. The van der Waals surface area contributed by atoms with Crippen molar-refractivity contribution in [2.24, 2.45) is 0 Å². The molecule has 0 saturated heterocycles. The van der Waals surface area contributed by atoms with Crippen molar-refractivity contribution in [3.63, 3.8) is 0 Å². The zero-order valence-electron chi connectivity index (χ0n) is 39.7. The summed E-state index contributed by atoms with van der Waals surface area (Å²) in [4.78, 5) is 25.1. The summed E-state index contributed by atoms with van der Waals surface area (Å²) >= 11 is 15.4. The molecule has 0 aliphatic rings. The van der Waals surface area contributed by atoms with Gasteiger partial charge in [0.2, 0.25) is 0 Å². The van der Waals surface area contributed by atoms with E-state index in [1.165, 1.54) is 51.4 Å². The van der Waals surface area contributed by atoms with Gasteiger partial charge in [0, 0.05) is 39.3 Å². The van der Waals surface area contributed by atoms with E-state index in [2.05, 4.69) is 27.7 Å². The summed E-state index contributed by atoms with van der Waals surface area (Å²) in [7, 11) is 0. The van der Waals surface area contributed by atoms with Crippen molar-refractivity contribution in [1.82, 2.24) is 9.80 Å². The van der Waals surface area contributed by atoms with Crippen molar-refractivity contribution in [2.75, 3.05) is 78.9 Å². The van der Waals surface area contributed by atoms with Crippen LogP contribution in [-0.2, 0) is 9.59 Å². The Hall–Kier alpha value is 0.283. The topological polar surface area (TPSA) is 234 Å². The number of aliphatic hydroxyl groups is 6.